The molecule has 0 bridgehead atoms. The summed E-state index contributed by atoms with van der Waals surface area (Å²) in [5, 5.41) is 19.8. The Bertz CT molecular complexity index is 1750. The van der Waals surface area contributed by atoms with Gasteiger partial charge in [-0.15, -0.1) is 0 Å². The molecule has 1 saturated heterocycles. The first-order chi connectivity index (χ1) is 21.6. The number of aliphatic hydroxyl groups is 1. The molecule has 232 valence electrons. The van der Waals surface area contributed by atoms with Gasteiger partial charge < -0.3 is 19.5 Å². The van der Waals surface area contributed by atoms with Gasteiger partial charge in [0, 0.05) is 68.9 Å². The van der Waals surface area contributed by atoms with E-state index in [1.54, 1.807) is 31.3 Å². The third-order valence-corrected chi connectivity index (χ3v) is 8.46. The number of aromatic nitrogens is 1. The number of carbonyl (C=O) groups is 1. The molecule has 1 aliphatic heterocycles. The van der Waals surface area contributed by atoms with Crippen molar-refractivity contribution in [3.63, 3.8) is 0 Å². The number of aliphatic hydroxyl groups excluding tert-OH is 1. The molecular formula is C36H37ClN4O4. The molecule has 1 N–H and O–H groups in total. The molecular weight excluding hydrogens is 588 g/mol. The van der Waals surface area contributed by atoms with E-state index in [2.05, 4.69) is 28.9 Å². The lowest BCUT2D eigenvalue weighted by molar-refractivity contribution is 0.0827. The highest BCUT2D eigenvalue weighted by Crippen LogP contribution is 2.36. The van der Waals surface area contributed by atoms with Crippen molar-refractivity contribution in [2.75, 3.05) is 27.2 Å². The van der Waals surface area contributed by atoms with Gasteiger partial charge in [-0.2, -0.15) is 5.26 Å². The Kier molecular flexibility index (Phi) is 10.0. The number of amides is 1. The number of ether oxygens (including phenoxy) is 2. The number of pyridine rings is 1. The molecule has 5 rings (SSSR count). The summed E-state index contributed by atoms with van der Waals surface area (Å²) >= 11 is 6.77. The highest BCUT2D eigenvalue weighted by atomic mass is 35.5. The summed E-state index contributed by atoms with van der Waals surface area (Å²) in [6, 6.07) is 19.4. The average Bonchev–Trinajstić information content (AvgIpc) is 3.44. The van der Waals surface area contributed by atoms with Crippen molar-refractivity contribution in [2.24, 2.45) is 0 Å². The number of hydrogen-bond donors (Lipinski definition) is 1. The van der Waals surface area contributed by atoms with E-state index in [4.69, 9.17) is 21.1 Å². The first-order valence-corrected chi connectivity index (χ1v) is 15.2. The standard InChI is InChI=1S/C36H37ClN4O4/c1-23-27(7-5-8-30(23)31-9-6-10-32(24(31)2)36(43)40(3)4)22-45-35-15-34(44-21-26-13-25(16-38)17-39-18-26)28(14-33(35)37)19-41-12-11-29(42)20-41/h5-10,13-15,17-18,29,42H,11-12,19-22H2,1-4H3. The Balaban J connectivity index is 1.40. The molecule has 45 heavy (non-hydrogen) atoms. The van der Waals surface area contributed by atoms with Crippen molar-refractivity contribution in [2.45, 2.75) is 46.1 Å². The lowest BCUT2D eigenvalue weighted by Crippen LogP contribution is -2.22. The fraction of sp³-hybridized carbons (Fsp3) is 0.306. The van der Waals surface area contributed by atoms with E-state index in [0.29, 0.717) is 40.7 Å². The van der Waals surface area contributed by atoms with Gasteiger partial charge in [-0.25, -0.2) is 0 Å². The fourth-order valence-corrected chi connectivity index (χ4v) is 5.86. The quantitative estimate of drug-likeness (QED) is 0.221. The van der Waals surface area contributed by atoms with Gasteiger partial charge in [0.2, 0.25) is 0 Å². The number of carbonyl (C=O) groups excluding carboxylic acids is 1. The lowest BCUT2D eigenvalue weighted by Gasteiger charge is -2.20. The summed E-state index contributed by atoms with van der Waals surface area (Å²) in [4.78, 5) is 20.7. The van der Waals surface area contributed by atoms with Gasteiger partial charge >= 0.3 is 0 Å². The Hall–Kier alpha value is -4.42. The summed E-state index contributed by atoms with van der Waals surface area (Å²) in [7, 11) is 3.51. The van der Waals surface area contributed by atoms with Crippen molar-refractivity contribution in [1.82, 2.24) is 14.8 Å². The minimum absolute atomic E-state index is 0.0301. The molecule has 0 spiro atoms. The number of halogens is 1. The second-order valence-corrected chi connectivity index (χ2v) is 12.0. The van der Waals surface area contributed by atoms with Crippen LogP contribution in [-0.2, 0) is 19.8 Å². The van der Waals surface area contributed by atoms with E-state index in [0.717, 1.165) is 51.9 Å². The summed E-state index contributed by atoms with van der Waals surface area (Å²) in [5.41, 5.74) is 7.80. The Labute approximate surface area is 269 Å². The van der Waals surface area contributed by atoms with Crippen LogP contribution in [-0.4, -0.2) is 59.1 Å². The molecule has 0 radical (unpaired) electrons. The van der Waals surface area contributed by atoms with Gasteiger partial charge in [0.15, 0.2) is 0 Å². The number of nitrogens with zero attached hydrogens (tertiary/aromatic N) is 4. The molecule has 1 aromatic heterocycles. The maximum Gasteiger partial charge on any atom is 0.253 e. The maximum absolute atomic E-state index is 12.8. The zero-order valence-corrected chi connectivity index (χ0v) is 26.8. The van der Waals surface area contributed by atoms with Crippen molar-refractivity contribution in [3.05, 3.63) is 111 Å². The maximum atomic E-state index is 12.8. The van der Waals surface area contributed by atoms with Gasteiger partial charge in [-0.05, 0) is 66.3 Å². The molecule has 8 nitrogen and oxygen atoms in total. The SMILES string of the molecule is Cc1c(COc2cc(OCc3cncc(C#N)c3)c(CN3CCC(O)C3)cc2Cl)cccc1-c1cccc(C(=O)N(C)C)c1C. The minimum Gasteiger partial charge on any atom is -0.488 e. The van der Waals surface area contributed by atoms with Crippen molar-refractivity contribution < 1.29 is 19.4 Å². The van der Waals surface area contributed by atoms with Gasteiger partial charge in [0.1, 0.15) is 30.8 Å². The van der Waals surface area contributed by atoms with E-state index >= 15 is 0 Å². The van der Waals surface area contributed by atoms with Crippen molar-refractivity contribution in [3.8, 4) is 28.7 Å². The number of benzene rings is 3. The molecule has 1 atom stereocenters. The van der Waals surface area contributed by atoms with E-state index in [9.17, 15) is 15.2 Å². The zero-order chi connectivity index (χ0) is 32.1. The van der Waals surface area contributed by atoms with Gasteiger partial charge in [0.25, 0.3) is 5.91 Å². The fourth-order valence-electron chi connectivity index (χ4n) is 5.62. The second kappa shape index (κ2) is 14.1. The molecule has 1 fully saturated rings. The van der Waals surface area contributed by atoms with Crippen LogP contribution in [0, 0.1) is 25.2 Å². The van der Waals surface area contributed by atoms with Crippen LogP contribution in [0.15, 0.2) is 67.0 Å². The number of likely N-dealkylation sites (tertiary alicyclic amines) is 1. The summed E-state index contributed by atoms with van der Waals surface area (Å²) < 4.78 is 12.6. The highest BCUT2D eigenvalue weighted by molar-refractivity contribution is 6.32. The Morgan fingerprint density at radius 1 is 1.02 bits per heavy atom. The third-order valence-electron chi connectivity index (χ3n) is 8.16. The molecule has 1 unspecified atom stereocenters. The van der Waals surface area contributed by atoms with Crippen LogP contribution in [0.4, 0.5) is 0 Å². The summed E-state index contributed by atoms with van der Waals surface area (Å²) in [6.07, 6.45) is 3.58. The second-order valence-electron chi connectivity index (χ2n) is 11.6. The first-order valence-electron chi connectivity index (χ1n) is 14.9. The van der Waals surface area contributed by atoms with E-state index < -0.39 is 0 Å². The van der Waals surface area contributed by atoms with Gasteiger partial charge in [-0.1, -0.05) is 41.9 Å². The van der Waals surface area contributed by atoms with E-state index in [1.807, 2.05) is 49.4 Å². The lowest BCUT2D eigenvalue weighted by atomic mass is 9.91. The summed E-state index contributed by atoms with van der Waals surface area (Å²) in [5.74, 6) is 1.07. The monoisotopic (exact) mass is 624 g/mol. The van der Waals surface area contributed by atoms with Crippen LogP contribution in [0.25, 0.3) is 11.1 Å². The average molecular weight is 625 g/mol. The Morgan fingerprint density at radius 3 is 2.47 bits per heavy atom. The molecule has 3 aromatic carbocycles. The topological polar surface area (TPSA) is 98.9 Å². The molecule has 0 aliphatic carbocycles. The van der Waals surface area contributed by atoms with E-state index in [-0.39, 0.29) is 25.2 Å². The predicted molar refractivity (Wildman–Crippen MR) is 174 cm³/mol. The van der Waals surface area contributed by atoms with Crippen LogP contribution in [0.5, 0.6) is 11.5 Å². The predicted octanol–water partition coefficient (Wildman–Crippen LogP) is 6.32. The molecule has 9 heteroatoms. The van der Waals surface area contributed by atoms with E-state index in [1.165, 1.54) is 6.20 Å². The first kappa shape index (κ1) is 32.0. The number of rotatable bonds is 10. The normalized spacial score (nSPS) is 14.6. The van der Waals surface area contributed by atoms with Crippen LogP contribution < -0.4 is 9.47 Å². The third kappa shape index (κ3) is 7.46. The molecule has 4 aromatic rings. The van der Waals surface area contributed by atoms with Crippen LogP contribution >= 0.6 is 11.6 Å². The Morgan fingerprint density at radius 2 is 1.76 bits per heavy atom. The number of hydrogen-bond acceptors (Lipinski definition) is 7. The molecule has 0 saturated carbocycles. The number of β-amino-alcohol motifs (C(OH)–C–C–N with tert-alkyl or cyclic N) is 1. The largest absolute Gasteiger partial charge is 0.488 e. The van der Waals surface area contributed by atoms with Crippen molar-refractivity contribution >= 4 is 17.5 Å². The molecule has 2 heterocycles. The highest BCUT2D eigenvalue weighted by Gasteiger charge is 2.23. The summed E-state index contributed by atoms with van der Waals surface area (Å²) in [6.45, 7) is 6.47. The molecule has 1 amide bonds. The van der Waals surface area contributed by atoms with Crippen LogP contribution in [0.2, 0.25) is 5.02 Å². The minimum atomic E-state index is -0.342. The molecule has 1 aliphatic rings. The van der Waals surface area contributed by atoms with Gasteiger partial charge in [-0.3, -0.25) is 14.7 Å². The van der Waals surface area contributed by atoms with Crippen molar-refractivity contribution in [1.29, 1.82) is 5.26 Å². The van der Waals surface area contributed by atoms with Crippen LogP contribution in [0.3, 0.4) is 0 Å². The number of nitriles is 1. The van der Waals surface area contributed by atoms with Gasteiger partial charge in [0.05, 0.1) is 16.7 Å². The smallest absolute Gasteiger partial charge is 0.253 e. The zero-order valence-electron chi connectivity index (χ0n) is 26.0. The van der Waals surface area contributed by atoms with Crippen LogP contribution in [0.1, 0.15) is 50.2 Å².